The van der Waals surface area contributed by atoms with Crippen LogP contribution in [-0.2, 0) is 49.0 Å². The molecule has 0 amide bonds. The minimum Gasteiger partial charge on any atom is -0.492 e. The first-order valence-electron chi connectivity index (χ1n) is 33.3. The van der Waals surface area contributed by atoms with Gasteiger partial charge in [-0.2, -0.15) is 0 Å². The summed E-state index contributed by atoms with van der Waals surface area (Å²) in [5, 5.41) is 44.4. The largest absolute Gasteiger partial charge is 3.00 e. The quantitative estimate of drug-likeness (QED) is 0.0830. The maximum Gasteiger partial charge on any atom is 3.00 e. The summed E-state index contributed by atoms with van der Waals surface area (Å²) in [5.74, 6) is 0. The molecule has 0 spiro atoms. The molecule has 4 N–H and O–H groups in total. The van der Waals surface area contributed by atoms with Crippen LogP contribution in [-0.4, -0.2) is 75.1 Å². The van der Waals surface area contributed by atoms with Crippen molar-refractivity contribution < 1.29 is 88.5 Å². The summed E-state index contributed by atoms with van der Waals surface area (Å²) in [6.07, 6.45) is 6.56. The molecule has 12 aromatic carbocycles. The van der Waals surface area contributed by atoms with Crippen LogP contribution < -0.4 is 112 Å². The Hall–Kier alpha value is -8.96. The van der Waals surface area contributed by atoms with Crippen LogP contribution >= 0.6 is 42.9 Å². The maximum absolute atomic E-state index is 14.9. The van der Waals surface area contributed by atoms with E-state index < -0.39 is 64.5 Å². The third-order valence-electron chi connectivity index (χ3n) is 16.7. The van der Waals surface area contributed by atoms with Crippen molar-refractivity contribution in [1.82, 2.24) is 46.2 Å². The molecule has 0 atom stereocenters. The van der Waals surface area contributed by atoms with Crippen LogP contribution in [0.4, 0.5) is 0 Å². The third kappa shape index (κ3) is 18.8. The summed E-state index contributed by atoms with van der Waals surface area (Å²) in [5.41, 5.74) is 0.977. The smallest absolute Gasteiger partial charge is 0.492 e. The fraction of sp³-hybridized carbons (Fsp3) is 0.0488. The topological polar surface area (TPSA) is 319 Å². The van der Waals surface area contributed by atoms with Gasteiger partial charge in [0.1, 0.15) is 21.7 Å². The normalized spacial score (nSPS) is 11.3. The van der Waals surface area contributed by atoms with Gasteiger partial charge in [0.25, 0.3) is 0 Å². The second-order valence-electron chi connectivity index (χ2n) is 24.0. The second-order valence-corrected chi connectivity index (χ2v) is 43.0. The van der Waals surface area contributed by atoms with Crippen molar-refractivity contribution in [3.8, 4) is 0 Å². The number of aromatic nitrogens is 9. The van der Waals surface area contributed by atoms with Crippen molar-refractivity contribution in [2.45, 2.75) is 0 Å². The average Bonchev–Trinajstić information content (AvgIpc) is 1.30. The van der Waals surface area contributed by atoms with Gasteiger partial charge in [0.15, 0.2) is 42.9 Å². The van der Waals surface area contributed by atoms with Crippen LogP contribution in [0.1, 0.15) is 0 Å². The Morgan fingerprint density at radius 2 is 0.355 bits per heavy atom. The third-order valence-corrected chi connectivity index (χ3v) is 34.9. The molecule has 110 heavy (non-hydrogen) atoms. The molecule has 0 unspecified atom stereocenters. The number of hydrogen-bond donors (Lipinski definition) is 0. The van der Waals surface area contributed by atoms with Gasteiger partial charge in [0.05, 0.1) is 0 Å². The minimum absolute atomic E-state index is 0. The number of rotatable bonds is 18. The van der Waals surface area contributed by atoms with E-state index in [0.29, 0.717) is 63.7 Å². The van der Waals surface area contributed by atoms with Gasteiger partial charge in [-0.05, 0) is 0 Å². The molecule has 0 saturated carbocycles. The van der Waals surface area contributed by atoms with E-state index in [-0.39, 0.29) is 85.3 Å². The fourth-order valence-electron chi connectivity index (χ4n) is 11.8. The van der Waals surface area contributed by atoms with Crippen molar-refractivity contribution in [2.24, 2.45) is 0 Å². The van der Waals surface area contributed by atoms with E-state index in [1.807, 2.05) is 364 Å². The van der Waals surface area contributed by atoms with Gasteiger partial charge in [-0.1, -0.05) is 364 Å². The Morgan fingerprint density at radius 3 is 0.500 bits per heavy atom. The SMILES string of the molecule is CS(C)=O.CS(C)=O.O.O.O=P(c1ccccc1)(c1ccccc1)c1n[n-]nc1P(=O)(c1ccccc1)c1ccccc1.O=P(c1ccccc1)(c1ccccc1)c1n[n-]nc1P(=O)(c1ccccc1)c1ccccc1.O=P(c1ccccc1)(c1ccccc1)c1nn[n-]c1P(=O)(c1ccccc1)c1ccccc1.[Ce+3]. The van der Waals surface area contributed by atoms with Gasteiger partial charge < -0.3 is 79.4 Å². The fourth-order valence-corrected chi connectivity index (χ4v) is 29.1. The number of benzene rings is 12. The monoisotopic (exact) mass is 1740 g/mol. The number of hydrogen-bond acceptors (Lipinski definition) is 14. The summed E-state index contributed by atoms with van der Waals surface area (Å²) >= 11 is 0. The molecule has 0 saturated heterocycles. The Kier molecular flexibility index (Phi) is 31.7. The Balaban J connectivity index is 0.000000195. The molecule has 3 aromatic heterocycles. The first-order chi connectivity index (χ1) is 51.9. The Morgan fingerprint density at radius 1 is 0.227 bits per heavy atom. The zero-order valence-corrected chi connectivity index (χ0v) is 70.1. The van der Waals surface area contributed by atoms with Gasteiger partial charge in [0.2, 0.25) is 0 Å². The van der Waals surface area contributed by atoms with Crippen LogP contribution in [0.25, 0.3) is 0 Å². The molecule has 0 fully saturated rings. The van der Waals surface area contributed by atoms with E-state index in [2.05, 4.69) is 46.2 Å². The van der Waals surface area contributed by atoms with Crippen LogP contribution in [0.15, 0.2) is 364 Å². The van der Waals surface area contributed by atoms with Gasteiger partial charge in [-0.3, -0.25) is 13.6 Å². The molecule has 15 rings (SSSR count). The van der Waals surface area contributed by atoms with Gasteiger partial charge in [-0.15, -0.1) is 0 Å². The Labute approximate surface area is 678 Å². The van der Waals surface area contributed by atoms with Crippen molar-refractivity contribution in [3.63, 3.8) is 0 Å². The Bertz CT molecular complexity index is 4560. The van der Waals surface area contributed by atoms with Crippen LogP contribution in [0.5, 0.6) is 0 Å². The van der Waals surface area contributed by atoms with Crippen LogP contribution in [0.2, 0.25) is 0 Å². The van der Waals surface area contributed by atoms with E-state index in [9.17, 15) is 35.8 Å². The van der Waals surface area contributed by atoms with E-state index in [4.69, 9.17) is 0 Å². The molecule has 0 bridgehead atoms. The molecule has 0 aliphatic heterocycles. The molecule has 15 aromatic rings. The van der Waals surface area contributed by atoms with Crippen molar-refractivity contribution in [1.29, 1.82) is 0 Å². The summed E-state index contributed by atoms with van der Waals surface area (Å²) in [6.45, 7) is 0. The maximum atomic E-state index is 14.9. The molecule has 28 heteroatoms. The summed E-state index contributed by atoms with van der Waals surface area (Å²) in [4.78, 5) is 0. The van der Waals surface area contributed by atoms with Crippen LogP contribution in [0, 0.1) is 41.7 Å². The molecule has 0 aliphatic rings. The van der Waals surface area contributed by atoms with Crippen LogP contribution in [0.3, 0.4) is 0 Å². The molecule has 0 aliphatic carbocycles. The minimum atomic E-state index is -3.51. The molecule has 1 radical (unpaired) electrons. The molecule has 3 heterocycles. The first-order valence-corrected chi connectivity index (χ1v) is 47.5. The van der Waals surface area contributed by atoms with E-state index >= 15 is 0 Å². The predicted molar refractivity (Wildman–Crippen MR) is 450 cm³/mol. The average molecular weight is 1740 g/mol. The molecular weight excluding hydrogens is 1660 g/mol. The van der Waals surface area contributed by atoms with Crippen molar-refractivity contribution in [3.05, 3.63) is 364 Å². The standard InChI is InChI=1S/3C26H20N3O2P2.2C2H6OS.Ce.2H2O/c3*30-32(21-13-5-1-6-14-21,22-15-7-2-8-16-22)25-26(28-29-27-25)33(31,23-17-9-3-10-18-23)24-19-11-4-12-20-24;2*1-4(2)3;;;/h3*1-20H;2*1-2H3;;2*1H2/q3*-1;;;+3;;. The summed E-state index contributed by atoms with van der Waals surface area (Å²) in [6, 6.07) is 110. The van der Waals surface area contributed by atoms with Gasteiger partial charge in [0, 0.05) is 121 Å². The van der Waals surface area contributed by atoms with E-state index in [0.717, 1.165) is 0 Å². The summed E-state index contributed by atoms with van der Waals surface area (Å²) in [7, 11) is -22.3. The van der Waals surface area contributed by atoms with Crippen molar-refractivity contribution in [2.75, 3.05) is 25.0 Å². The molecular formula is C82H76CeN9O10P6S2. The molecule has 19 nitrogen and oxygen atoms in total. The predicted octanol–water partition coefficient (Wildman–Crippen LogP) is 6.48. The first kappa shape index (κ1) is 86.6. The summed E-state index contributed by atoms with van der Waals surface area (Å²) < 4.78 is 109. The van der Waals surface area contributed by atoms with Gasteiger partial charge in [-0.25, -0.2) is 0 Å². The zero-order chi connectivity index (χ0) is 75.3. The zero-order valence-electron chi connectivity index (χ0n) is 59.9. The van der Waals surface area contributed by atoms with Crippen molar-refractivity contribution >= 4 is 161 Å². The van der Waals surface area contributed by atoms with E-state index in [1.165, 1.54) is 0 Å². The van der Waals surface area contributed by atoms with Gasteiger partial charge >= 0.3 is 41.7 Å². The second kappa shape index (κ2) is 40.3. The molecule has 555 valence electrons. The van der Waals surface area contributed by atoms with E-state index in [1.54, 1.807) is 25.0 Å². The number of nitrogens with zero attached hydrogens (tertiary/aromatic N) is 9.